The van der Waals surface area contributed by atoms with Crippen LogP contribution in [0, 0.1) is 18.8 Å². The van der Waals surface area contributed by atoms with Gasteiger partial charge >= 0.3 is 0 Å². The molecular weight excluding hydrogens is 618 g/mol. The normalized spacial score (nSPS) is 24.0. The van der Waals surface area contributed by atoms with E-state index in [1.807, 2.05) is 11.7 Å². The summed E-state index contributed by atoms with van der Waals surface area (Å²) in [7, 11) is 1.94. The Labute approximate surface area is 269 Å². The lowest BCUT2D eigenvalue weighted by Crippen LogP contribution is -2.46. The third-order valence-electron chi connectivity index (χ3n) is 10.1. The van der Waals surface area contributed by atoms with E-state index >= 15 is 0 Å². The molecule has 8 nitrogen and oxygen atoms in total. The number of nitrogens with one attached hydrogen (secondary N) is 1. The Morgan fingerprint density at radius 3 is 2.57 bits per heavy atom. The Kier molecular flexibility index (Phi) is 9.62. The minimum absolute atomic E-state index is 0.195. The summed E-state index contributed by atoms with van der Waals surface area (Å²) in [6, 6.07) is 12.7. The van der Waals surface area contributed by atoms with E-state index in [0.29, 0.717) is 18.9 Å². The molecule has 2 saturated heterocycles. The second kappa shape index (κ2) is 13.6. The number of aromatic nitrogens is 2. The smallest absolute Gasteiger partial charge is 0.235 e. The highest BCUT2D eigenvalue weighted by atomic mass is 79.9. The molecule has 236 valence electrons. The maximum atomic E-state index is 12.5. The van der Waals surface area contributed by atoms with Gasteiger partial charge in [0.25, 0.3) is 0 Å². The van der Waals surface area contributed by atoms with Crippen molar-refractivity contribution in [3.05, 3.63) is 52.1 Å². The highest BCUT2D eigenvalue weighted by Crippen LogP contribution is 2.35. The number of anilines is 1. The Bertz CT molecular complexity index is 1490. The minimum atomic E-state index is -0.371. The number of halogens is 1. The molecule has 0 radical (unpaired) electrons. The van der Waals surface area contributed by atoms with Crippen LogP contribution >= 0.6 is 15.9 Å². The average molecular weight is 665 g/mol. The summed E-state index contributed by atoms with van der Waals surface area (Å²) in [5.74, 6) is 1.78. The van der Waals surface area contributed by atoms with E-state index in [-0.39, 0.29) is 17.7 Å². The molecule has 3 heterocycles. The largest absolute Gasteiger partial charge is 0.490 e. The first-order valence-electron chi connectivity index (χ1n) is 16.4. The molecule has 2 atom stereocenters. The fourth-order valence-electron chi connectivity index (χ4n) is 7.38. The van der Waals surface area contributed by atoms with Crippen LogP contribution in [0.5, 0.6) is 5.75 Å². The van der Waals surface area contributed by atoms with Gasteiger partial charge in [-0.05, 0) is 101 Å². The van der Waals surface area contributed by atoms with Crippen LogP contribution in [0.25, 0.3) is 10.9 Å². The number of piperidine rings is 1. The highest BCUT2D eigenvalue weighted by Gasteiger charge is 2.32. The Balaban J connectivity index is 0.939. The van der Waals surface area contributed by atoms with Crippen LogP contribution in [0.4, 0.5) is 5.69 Å². The molecule has 44 heavy (non-hydrogen) atoms. The molecule has 9 heteroatoms. The third-order valence-corrected chi connectivity index (χ3v) is 11.0. The van der Waals surface area contributed by atoms with E-state index in [2.05, 4.69) is 81.3 Å². The molecular formula is C35H46BrN5O3. The molecule has 3 aromatic rings. The maximum Gasteiger partial charge on any atom is 0.235 e. The van der Waals surface area contributed by atoms with Crippen LogP contribution in [0.2, 0.25) is 0 Å². The summed E-state index contributed by atoms with van der Waals surface area (Å²) >= 11 is 3.62. The number of fused-ring (bicyclic) bond motifs is 1. The molecule has 2 amide bonds. The van der Waals surface area contributed by atoms with Crippen molar-refractivity contribution in [3.8, 4) is 5.75 Å². The van der Waals surface area contributed by atoms with E-state index in [4.69, 9.17) is 9.84 Å². The van der Waals surface area contributed by atoms with Gasteiger partial charge in [0, 0.05) is 60.8 Å². The molecule has 1 saturated carbocycles. The predicted octanol–water partition coefficient (Wildman–Crippen LogP) is 6.34. The van der Waals surface area contributed by atoms with Gasteiger partial charge in [0.2, 0.25) is 11.8 Å². The van der Waals surface area contributed by atoms with Crippen LogP contribution in [0.3, 0.4) is 0 Å². The molecule has 3 fully saturated rings. The number of amides is 2. The molecule has 1 N–H and O–H groups in total. The second-order valence-electron chi connectivity index (χ2n) is 13.3. The quantitative estimate of drug-likeness (QED) is 0.269. The number of ether oxygens (including phenoxy) is 1. The van der Waals surface area contributed by atoms with Crippen LogP contribution < -0.4 is 15.0 Å². The summed E-state index contributed by atoms with van der Waals surface area (Å²) in [6.07, 6.45) is 8.68. The minimum Gasteiger partial charge on any atom is -0.490 e. The van der Waals surface area contributed by atoms with Crippen molar-refractivity contribution >= 4 is 44.3 Å². The van der Waals surface area contributed by atoms with Crippen LogP contribution in [-0.4, -0.2) is 65.3 Å². The lowest BCUT2D eigenvalue weighted by molar-refractivity contribution is -0.134. The molecule has 2 aromatic carbocycles. The van der Waals surface area contributed by atoms with E-state index in [1.165, 1.54) is 43.5 Å². The van der Waals surface area contributed by atoms with E-state index in [9.17, 15) is 9.59 Å². The zero-order chi connectivity index (χ0) is 30.8. The number of aryl methyl sites for hydroxylation is 1. The predicted molar refractivity (Wildman–Crippen MR) is 178 cm³/mol. The molecule has 2 aliphatic heterocycles. The van der Waals surface area contributed by atoms with Crippen LogP contribution in [0.1, 0.15) is 75.5 Å². The fraction of sp³-hybridized carbons (Fsp3) is 0.571. The highest BCUT2D eigenvalue weighted by molar-refractivity contribution is 9.10. The topological polar surface area (TPSA) is 79.7 Å². The zero-order valence-corrected chi connectivity index (χ0v) is 27.9. The Morgan fingerprint density at radius 2 is 1.82 bits per heavy atom. The van der Waals surface area contributed by atoms with Crippen molar-refractivity contribution in [1.29, 1.82) is 0 Å². The summed E-state index contributed by atoms with van der Waals surface area (Å²) < 4.78 is 9.37. The van der Waals surface area contributed by atoms with Gasteiger partial charge in [-0.15, -0.1) is 0 Å². The van der Waals surface area contributed by atoms with Crippen molar-refractivity contribution in [2.24, 2.45) is 18.9 Å². The zero-order valence-electron chi connectivity index (χ0n) is 26.4. The lowest BCUT2D eigenvalue weighted by Gasteiger charge is -2.37. The Morgan fingerprint density at radius 1 is 1.05 bits per heavy atom. The first-order valence-corrected chi connectivity index (χ1v) is 17.2. The maximum absolute atomic E-state index is 12.5. The van der Waals surface area contributed by atoms with Gasteiger partial charge in [0.05, 0.1) is 23.2 Å². The summed E-state index contributed by atoms with van der Waals surface area (Å²) in [5.41, 5.74) is 4.20. The summed E-state index contributed by atoms with van der Waals surface area (Å²) in [5, 5.41) is 8.18. The number of carbonyl (C=O) groups excluding carboxylic acids is 2. The van der Waals surface area contributed by atoms with Gasteiger partial charge < -0.3 is 9.64 Å². The van der Waals surface area contributed by atoms with Crippen molar-refractivity contribution in [3.63, 3.8) is 0 Å². The van der Waals surface area contributed by atoms with E-state index in [0.717, 1.165) is 77.7 Å². The lowest BCUT2D eigenvalue weighted by atomic mass is 9.81. The third kappa shape index (κ3) is 6.99. The number of imide groups is 1. The number of benzene rings is 2. The number of hydrogen-bond acceptors (Lipinski definition) is 6. The van der Waals surface area contributed by atoms with Crippen molar-refractivity contribution in [2.45, 2.75) is 77.2 Å². The Hall–Kier alpha value is -2.91. The van der Waals surface area contributed by atoms with Gasteiger partial charge in [-0.2, -0.15) is 5.10 Å². The number of piperazine rings is 1. The van der Waals surface area contributed by atoms with Gasteiger partial charge in [-0.1, -0.05) is 28.9 Å². The monoisotopic (exact) mass is 663 g/mol. The van der Waals surface area contributed by atoms with E-state index in [1.54, 1.807) is 0 Å². The molecule has 6 rings (SSSR count). The average Bonchev–Trinajstić information content (AvgIpc) is 3.35. The SMILES string of the molecule is Cc1c(Br)cccc1OC1CCC(C[C@H](C)CCN2CCN(c3ccc4c(C5CCC(=O)NC5=O)nn(C)c4c3)CC2)CC1. The molecule has 1 unspecified atom stereocenters. The van der Waals surface area contributed by atoms with Gasteiger partial charge in [-0.25, -0.2) is 0 Å². The van der Waals surface area contributed by atoms with Crippen LogP contribution in [-0.2, 0) is 16.6 Å². The molecule has 0 bridgehead atoms. The molecule has 3 aliphatic rings. The number of carbonyl (C=O) groups is 2. The van der Waals surface area contributed by atoms with Gasteiger partial charge in [0.1, 0.15) is 5.75 Å². The van der Waals surface area contributed by atoms with Crippen molar-refractivity contribution in [2.75, 3.05) is 37.6 Å². The second-order valence-corrected chi connectivity index (χ2v) is 14.2. The first-order chi connectivity index (χ1) is 21.2. The molecule has 1 aliphatic carbocycles. The first kappa shape index (κ1) is 31.1. The molecule has 0 spiro atoms. The van der Waals surface area contributed by atoms with Crippen LogP contribution in [0.15, 0.2) is 40.9 Å². The summed E-state index contributed by atoms with van der Waals surface area (Å²) in [4.78, 5) is 29.2. The van der Waals surface area contributed by atoms with Gasteiger partial charge in [-0.3, -0.25) is 24.5 Å². The number of rotatable bonds is 9. The standard InChI is InChI=1S/C35H46BrN5O3/c1-23(21-25-7-10-27(11-8-25)44-32-6-4-5-30(36)24(32)2)15-16-40-17-19-41(20-18-40)26-9-12-28-31(22-26)39(3)38-34(28)29-13-14-33(42)37-35(29)43/h4-6,9,12,22-23,25,27,29H,7-8,10-11,13-21H2,1-3H3,(H,37,42,43)/t23-,25?,27?,29?/m1/s1. The van der Waals surface area contributed by atoms with Gasteiger partial charge in [0.15, 0.2) is 0 Å². The van der Waals surface area contributed by atoms with E-state index < -0.39 is 0 Å². The number of hydrogen-bond donors (Lipinski definition) is 1. The van der Waals surface area contributed by atoms with Crippen molar-refractivity contribution in [1.82, 2.24) is 20.0 Å². The molecule has 1 aromatic heterocycles. The fourth-order valence-corrected chi connectivity index (χ4v) is 7.73. The number of nitrogens with zero attached hydrogens (tertiary/aromatic N) is 4. The summed E-state index contributed by atoms with van der Waals surface area (Å²) in [6.45, 7) is 9.92. The van der Waals surface area contributed by atoms with Crippen molar-refractivity contribution < 1.29 is 14.3 Å².